The lowest BCUT2D eigenvalue weighted by atomic mass is 9.92. The van der Waals surface area contributed by atoms with Crippen molar-refractivity contribution in [1.29, 1.82) is 0 Å². The maximum Gasteiger partial charge on any atom is 0.118 e. The molecular formula is C24H35N3O. The summed E-state index contributed by atoms with van der Waals surface area (Å²) in [4.78, 5) is 2.67. The summed E-state index contributed by atoms with van der Waals surface area (Å²) < 4.78 is 5.32. The highest BCUT2D eigenvalue weighted by molar-refractivity contribution is 5.27. The molecule has 1 aliphatic heterocycles. The molecule has 0 aliphatic carbocycles. The van der Waals surface area contributed by atoms with Gasteiger partial charge in [0.1, 0.15) is 5.75 Å². The van der Waals surface area contributed by atoms with E-state index >= 15 is 0 Å². The highest BCUT2D eigenvalue weighted by atomic mass is 16.5. The Morgan fingerprint density at radius 1 is 0.929 bits per heavy atom. The fourth-order valence-electron chi connectivity index (χ4n) is 4.53. The highest BCUT2D eigenvalue weighted by Crippen LogP contribution is 2.35. The number of hydrazine groups is 1. The van der Waals surface area contributed by atoms with Crippen molar-refractivity contribution in [2.75, 3.05) is 33.3 Å². The third-order valence-electron chi connectivity index (χ3n) is 5.97. The molecule has 0 saturated carbocycles. The van der Waals surface area contributed by atoms with Crippen LogP contribution in [-0.4, -0.2) is 54.2 Å². The van der Waals surface area contributed by atoms with E-state index in [-0.39, 0.29) is 0 Å². The molecule has 1 heterocycles. The molecule has 2 unspecified atom stereocenters. The van der Waals surface area contributed by atoms with Crippen LogP contribution in [0.3, 0.4) is 0 Å². The lowest BCUT2D eigenvalue weighted by molar-refractivity contribution is -0.119. The molecule has 0 radical (unpaired) electrons. The Labute approximate surface area is 170 Å². The predicted molar refractivity (Wildman–Crippen MR) is 116 cm³/mol. The van der Waals surface area contributed by atoms with Gasteiger partial charge in [-0.1, -0.05) is 63.2 Å². The van der Waals surface area contributed by atoms with Crippen molar-refractivity contribution >= 4 is 0 Å². The van der Waals surface area contributed by atoms with Crippen molar-refractivity contribution in [3.05, 3.63) is 65.7 Å². The first-order valence-corrected chi connectivity index (χ1v) is 10.6. The van der Waals surface area contributed by atoms with Crippen LogP contribution in [0.1, 0.15) is 44.4 Å². The molecule has 2 aromatic carbocycles. The molecule has 0 spiro atoms. The van der Waals surface area contributed by atoms with E-state index in [1.807, 2.05) is 0 Å². The third-order valence-corrected chi connectivity index (χ3v) is 5.97. The fraction of sp³-hybridized carbons (Fsp3) is 0.500. The highest BCUT2D eigenvalue weighted by Gasteiger charge is 2.38. The van der Waals surface area contributed by atoms with E-state index in [0.29, 0.717) is 12.1 Å². The summed E-state index contributed by atoms with van der Waals surface area (Å²) in [5, 5.41) is 5.12. The topological polar surface area (TPSA) is 19.0 Å². The minimum Gasteiger partial charge on any atom is -0.497 e. The number of benzene rings is 2. The molecule has 0 bridgehead atoms. The Hall–Kier alpha value is -1.88. The number of methoxy groups -OCH3 is 1. The fourth-order valence-corrected chi connectivity index (χ4v) is 4.53. The summed E-state index contributed by atoms with van der Waals surface area (Å²) >= 11 is 0. The first kappa shape index (κ1) is 20.8. The molecule has 4 heteroatoms. The van der Waals surface area contributed by atoms with Crippen LogP contribution in [0.5, 0.6) is 5.75 Å². The van der Waals surface area contributed by atoms with Crippen molar-refractivity contribution in [3.63, 3.8) is 0 Å². The van der Waals surface area contributed by atoms with Crippen LogP contribution < -0.4 is 4.74 Å². The van der Waals surface area contributed by atoms with Crippen LogP contribution in [0.25, 0.3) is 0 Å². The second-order valence-corrected chi connectivity index (χ2v) is 7.45. The molecule has 28 heavy (non-hydrogen) atoms. The lowest BCUT2D eigenvalue weighted by Gasteiger charge is -2.51. The zero-order chi connectivity index (χ0) is 19.9. The molecule has 0 N–H and O–H groups in total. The predicted octanol–water partition coefficient (Wildman–Crippen LogP) is 4.59. The molecule has 0 amide bonds. The lowest BCUT2D eigenvalue weighted by Crippen LogP contribution is -2.59. The Morgan fingerprint density at radius 3 is 2.18 bits per heavy atom. The monoisotopic (exact) mass is 381 g/mol. The van der Waals surface area contributed by atoms with Crippen LogP contribution >= 0.6 is 0 Å². The average Bonchev–Trinajstić information content (AvgIpc) is 2.76. The van der Waals surface area contributed by atoms with E-state index in [4.69, 9.17) is 4.74 Å². The van der Waals surface area contributed by atoms with Crippen LogP contribution in [0.2, 0.25) is 0 Å². The Kier molecular flexibility index (Phi) is 7.49. The van der Waals surface area contributed by atoms with Gasteiger partial charge >= 0.3 is 0 Å². The van der Waals surface area contributed by atoms with Gasteiger partial charge in [0, 0.05) is 38.8 Å². The first-order valence-electron chi connectivity index (χ1n) is 10.6. The Bertz CT molecular complexity index is 700. The number of nitrogens with zero attached hydrogens (tertiary/aromatic N) is 3. The van der Waals surface area contributed by atoms with Crippen LogP contribution in [0.15, 0.2) is 54.6 Å². The summed E-state index contributed by atoms with van der Waals surface area (Å²) in [6.45, 7) is 12.1. The third kappa shape index (κ3) is 4.57. The van der Waals surface area contributed by atoms with Gasteiger partial charge in [-0.05, 0) is 29.7 Å². The number of ether oxygens (including phenoxy) is 1. The Morgan fingerprint density at radius 2 is 1.61 bits per heavy atom. The number of piperazine rings is 1. The molecule has 0 aromatic heterocycles. The standard InChI is InChI=1S/C24H35N3O/c1-5-23-24(21-11-9-8-10-12-21)27(26(6-2)7-3)18-17-25(23)19-20-13-15-22(28-4)16-14-20/h8-16,23-24H,5-7,17-19H2,1-4H3. The van der Waals surface area contributed by atoms with Crippen LogP contribution in [0, 0.1) is 0 Å². The Balaban J connectivity index is 1.87. The number of hydrogen-bond donors (Lipinski definition) is 0. The molecule has 152 valence electrons. The second-order valence-electron chi connectivity index (χ2n) is 7.45. The van der Waals surface area contributed by atoms with Crippen molar-refractivity contribution in [1.82, 2.24) is 14.9 Å². The van der Waals surface area contributed by atoms with Gasteiger partial charge in [0.15, 0.2) is 0 Å². The van der Waals surface area contributed by atoms with Crippen LogP contribution in [0.4, 0.5) is 0 Å². The molecule has 2 aromatic rings. The van der Waals surface area contributed by atoms with Crippen molar-refractivity contribution in [2.45, 2.75) is 45.8 Å². The SMILES string of the molecule is CCC1C(c2ccccc2)N(N(CC)CC)CCN1Cc1ccc(OC)cc1. The van der Waals surface area contributed by atoms with E-state index < -0.39 is 0 Å². The number of rotatable bonds is 8. The maximum absolute atomic E-state index is 5.32. The van der Waals surface area contributed by atoms with E-state index in [2.05, 4.69) is 90.3 Å². The second kappa shape index (κ2) is 10.1. The minimum atomic E-state index is 0.387. The zero-order valence-corrected chi connectivity index (χ0v) is 17.8. The van der Waals surface area contributed by atoms with Crippen molar-refractivity contribution in [2.24, 2.45) is 0 Å². The maximum atomic E-state index is 5.32. The average molecular weight is 382 g/mol. The quantitative estimate of drug-likeness (QED) is 0.666. The van der Waals surface area contributed by atoms with Crippen molar-refractivity contribution in [3.8, 4) is 5.75 Å². The summed E-state index contributed by atoms with van der Waals surface area (Å²) in [6, 6.07) is 20.4. The van der Waals surface area contributed by atoms with E-state index in [9.17, 15) is 0 Å². The largest absolute Gasteiger partial charge is 0.497 e. The van der Waals surface area contributed by atoms with Crippen LogP contribution in [-0.2, 0) is 6.54 Å². The molecule has 1 fully saturated rings. The zero-order valence-electron chi connectivity index (χ0n) is 17.8. The van der Waals surface area contributed by atoms with Gasteiger partial charge in [0.2, 0.25) is 0 Å². The van der Waals surface area contributed by atoms with Gasteiger partial charge in [-0.25, -0.2) is 10.0 Å². The molecule has 3 rings (SSSR count). The molecule has 1 saturated heterocycles. The smallest absolute Gasteiger partial charge is 0.118 e. The summed E-state index contributed by atoms with van der Waals surface area (Å²) in [6.07, 6.45) is 1.13. The summed E-state index contributed by atoms with van der Waals surface area (Å²) in [5.41, 5.74) is 2.77. The molecular weight excluding hydrogens is 346 g/mol. The van der Waals surface area contributed by atoms with Gasteiger partial charge < -0.3 is 4.74 Å². The molecule has 4 nitrogen and oxygen atoms in total. The first-order chi connectivity index (χ1) is 13.7. The van der Waals surface area contributed by atoms with E-state index in [1.165, 1.54) is 11.1 Å². The minimum absolute atomic E-state index is 0.387. The van der Waals surface area contributed by atoms with Gasteiger partial charge in [-0.3, -0.25) is 4.90 Å². The molecule has 2 atom stereocenters. The normalized spacial score (nSPS) is 21.2. The van der Waals surface area contributed by atoms with Gasteiger partial charge in [0.05, 0.1) is 13.2 Å². The van der Waals surface area contributed by atoms with E-state index in [0.717, 1.165) is 44.9 Å². The van der Waals surface area contributed by atoms with Gasteiger partial charge in [-0.2, -0.15) is 0 Å². The van der Waals surface area contributed by atoms with Crippen molar-refractivity contribution < 1.29 is 4.74 Å². The van der Waals surface area contributed by atoms with E-state index in [1.54, 1.807) is 7.11 Å². The van der Waals surface area contributed by atoms with Gasteiger partial charge in [-0.15, -0.1) is 0 Å². The summed E-state index contributed by atoms with van der Waals surface area (Å²) in [5.74, 6) is 0.921. The summed E-state index contributed by atoms with van der Waals surface area (Å²) in [7, 11) is 1.72. The van der Waals surface area contributed by atoms with Gasteiger partial charge in [0.25, 0.3) is 0 Å². The molecule has 1 aliphatic rings. The number of hydrogen-bond acceptors (Lipinski definition) is 4.